The van der Waals surface area contributed by atoms with Gasteiger partial charge in [0.2, 0.25) is 0 Å². The summed E-state index contributed by atoms with van der Waals surface area (Å²) in [6.45, 7) is 9.78. The average molecular weight is 299 g/mol. The van der Waals surface area contributed by atoms with E-state index in [9.17, 15) is 0 Å². The molecule has 1 heterocycles. The minimum Gasteiger partial charge on any atom is -0.369 e. The van der Waals surface area contributed by atoms with Crippen molar-refractivity contribution < 1.29 is 0 Å². The number of nitrogens with zero attached hydrogens (tertiary/aromatic N) is 1. The van der Waals surface area contributed by atoms with E-state index in [1.54, 1.807) is 0 Å². The zero-order chi connectivity index (χ0) is 13.8. The molecule has 1 aromatic carbocycles. The Morgan fingerprint density at radius 3 is 2.95 bits per heavy atom. The second-order valence-corrected chi connectivity index (χ2v) is 7.42. The molecule has 1 aromatic rings. The van der Waals surface area contributed by atoms with Gasteiger partial charge >= 0.3 is 0 Å². The van der Waals surface area contributed by atoms with E-state index >= 15 is 0 Å². The van der Waals surface area contributed by atoms with Gasteiger partial charge in [-0.3, -0.25) is 0 Å². The van der Waals surface area contributed by atoms with Gasteiger partial charge in [0.25, 0.3) is 0 Å². The van der Waals surface area contributed by atoms with Crippen LogP contribution in [0, 0.1) is 0 Å². The molecule has 1 N–H and O–H groups in total. The summed E-state index contributed by atoms with van der Waals surface area (Å²) in [5, 5.41) is 5.02. The van der Waals surface area contributed by atoms with E-state index in [-0.39, 0.29) is 0 Å². The average Bonchev–Trinajstić information content (AvgIpc) is 2.36. The fraction of sp³-hybridized carbons (Fsp3) is 0.600. The van der Waals surface area contributed by atoms with E-state index in [4.69, 9.17) is 11.6 Å². The monoisotopic (exact) mass is 298 g/mol. The lowest BCUT2D eigenvalue weighted by atomic mass is 10.1. The molecule has 1 saturated heterocycles. The first-order chi connectivity index (χ1) is 9.06. The fourth-order valence-corrected chi connectivity index (χ4v) is 3.56. The van der Waals surface area contributed by atoms with Crippen LogP contribution >= 0.6 is 23.4 Å². The topological polar surface area (TPSA) is 15.3 Å². The quantitative estimate of drug-likeness (QED) is 0.911. The first-order valence-electron chi connectivity index (χ1n) is 6.94. The highest BCUT2D eigenvalue weighted by Gasteiger charge is 2.19. The van der Waals surface area contributed by atoms with Gasteiger partial charge in [-0.25, -0.2) is 0 Å². The highest BCUT2D eigenvalue weighted by atomic mass is 35.5. The van der Waals surface area contributed by atoms with E-state index in [0.717, 1.165) is 24.7 Å². The molecule has 1 unspecified atom stereocenters. The maximum Gasteiger partial charge on any atom is 0.0413 e. The van der Waals surface area contributed by atoms with Gasteiger partial charge in [0.15, 0.2) is 0 Å². The second-order valence-electron chi connectivity index (χ2n) is 5.44. The lowest BCUT2D eigenvalue weighted by Crippen LogP contribution is -2.37. The molecule has 0 saturated carbocycles. The Balaban J connectivity index is 2.18. The van der Waals surface area contributed by atoms with Crippen LogP contribution in [-0.2, 0) is 6.54 Å². The molecule has 1 aliphatic rings. The van der Waals surface area contributed by atoms with Gasteiger partial charge in [-0.05, 0) is 23.8 Å². The maximum absolute atomic E-state index is 6.15. The summed E-state index contributed by atoms with van der Waals surface area (Å²) in [4.78, 5) is 2.49. The number of hydrogen-bond acceptors (Lipinski definition) is 3. The van der Waals surface area contributed by atoms with Crippen LogP contribution in [0.3, 0.4) is 0 Å². The minimum atomic E-state index is 0.489. The molecule has 1 aliphatic heterocycles. The number of halogens is 1. The highest BCUT2D eigenvalue weighted by molar-refractivity contribution is 8.00. The van der Waals surface area contributed by atoms with Gasteiger partial charge < -0.3 is 10.2 Å². The minimum absolute atomic E-state index is 0.489. The Morgan fingerprint density at radius 2 is 2.26 bits per heavy atom. The number of anilines is 1. The third-order valence-corrected chi connectivity index (χ3v) is 4.70. The van der Waals surface area contributed by atoms with Crippen molar-refractivity contribution in [2.75, 3.05) is 23.7 Å². The van der Waals surface area contributed by atoms with Gasteiger partial charge in [-0.15, -0.1) is 0 Å². The van der Waals surface area contributed by atoms with Crippen molar-refractivity contribution >= 4 is 29.1 Å². The van der Waals surface area contributed by atoms with Crippen LogP contribution in [-0.4, -0.2) is 30.1 Å². The molecule has 0 aliphatic carbocycles. The Hall–Kier alpha value is -0.380. The second kappa shape index (κ2) is 6.87. The zero-order valence-electron chi connectivity index (χ0n) is 11.9. The van der Waals surface area contributed by atoms with Gasteiger partial charge in [-0.1, -0.05) is 32.4 Å². The molecule has 0 bridgehead atoms. The molecule has 19 heavy (non-hydrogen) atoms. The predicted molar refractivity (Wildman–Crippen MR) is 87.6 cm³/mol. The van der Waals surface area contributed by atoms with Crippen molar-refractivity contribution in [1.82, 2.24) is 5.32 Å². The molecule has 2 nitrogen and oxygen atoms in total. The summed E-state index contributed by atoms with van der Waals surface area (Å²) >= 11 is 8.21. The smallest absolute Gasteiger partial charge is 0.0413 e. The number of nitrogens with one attached hydrogen (secondary N) is 1. The van der Waals surface area contributed by atoms with Gasteiger partial charge in [0.05, 0.1) is 0 Å². The third-order valence-electron chi connectivity index (χ3n) is 3.32. The van der Waals surface area contributed by atoms with E-state index < -0.39 is 0 Å². The maximum atomic E-state index is 6.15. The Bertz CT molecular complexity index is 423. The molecule has 0 radical (unpaired) electrons. The highest BCUT2D eigenvalue weighted by Crippen LogP contribution is 2.28. The van der Waals surface area contributed by atoms with E-state index in [1.165, 1.54) is 17.0 Å². The van der Waals surface area contributed by atoms with E-state index in [1.807, 2.05) is 6.07 Å². The summed E-state index contributed by atoms with van der Waals surface area (Å²) in [5.74, 6) is 1.21. The largest absolute Gasteiger partial charge is 0.369 e. The van der Waals surface area contributed by atoms with Crippen LogP contribution in [0.4, 0.5) is 5.69 Å². The number of thioether (sulfide) groups is 1. The predicted octanol–water partition coefficient (Wildman–Crippen LogP) is 3.78. The van der Waals surface area contributed by atoms with Crippen molar-refractivity contribution in [1.29, 1.82) is 0 Å². The standard InChI is InChI=1S/C15H23ClN2S/c1-11(2)17-9-13-8-14(16)4-5-15(13)18-6-7-19-12(3)10-18/h4-5,8,11-12,17H,6-7,9-10H2,1-3H3. The SMILES string of the molecule is CC(C)NCc1cc(Cl)ccc1N1CCSC(C)C1. The first kappa shape index (κ1) is 15.0. The number of rotatable bonds is 4. The third kappa shape index (κ3) is 4.30. The van der Waals surface area contributed by atoms with Gasteiger partial charge in [0, 0.05) is 47.4 Å². The van der Waals surface area contributed by atoms with E-state index in [2.05, 4.69) is 54.9 Å². The fourth-order valence-electron chi connectivity index (χ4n) is 2.36. The molecular formula is C15H23ClN2S. The molecule has 1 atom stereocenters. The Kier molecular flexibility index (Phi) is 5.43. The summed E-state index contributed by atoms with van der Waals surface area (Å²) in [6.07, 6.45) is 0. The van der Waals surface area contributed by atoms with Crippen molar-refractivity contribution in [3.63, 3.8) is 0 Å². The lowest BCUT2D eigenvalue weighted by Gasteiger charge is -2.34. The normalized spacial score (nSPS) is 20.1. The van der Waals surface area contributed by atoms with Crippen molar-refractivity contribution in [3.05, 3.63) is 28.8 Å². The molecule has 4 heteroatoms. The molecule has 0 amide bonds. The van der Waals surface area contributed by atoms with Crippen molar-refractivity contribution in [3.8, 4) is 0 Å². The van der Waals surface area contributed by atoms with Crippen LogP contribution in [0.25, 0.3) is 0 Å². The molecular weight excluding hydrogens is 276 g/mol. The van der Waals surface area contributed by atoms with Crippen molar-refractivity contribution in [2.45, 2.75) is 38.6 Å². The van der Waals surface area contributed by atoms with Crippen molar-refractivity contribution in [2.24, 2.45) is 0 Å². The summed E-state index contributed by atoms with van der Waals surface area (Å²) in [5.41, 5.74) is 2.64. The summed E-state index contributed by atoms with van der Waals surface area (Å²) in [7, 11) is 0. The van der Waals surface area contributed by atoms with E-state index in [0.29, 0.717) is 11.3 Å². The van der Waals surface area contributed by atoms with Crippen LogP contribution in [0.2, 0.25) is 5.02 Å². The molecule has 2 rings (SSSR count). The van der Waals surface area contributed by atoms with Crippen LogP contribution in [0.15, 0.2) is 18.2 Å². The summed E-state index contributed by atoms with van der Waals surface area (Å²) < 4.78 is 0. The Morgan fingerprint density at radius 1 is 1.47 bits per heavy atom. The summed E-state index contributed by atoms with van der Waals surface area (Å²) in [6, 6.07) is 6.76. The van der Waals surface area contributed by atoms with Crippen LogP contribution < -0.4 is 10.2 Å². The molecule has 0 aromatic heterocycles. The molecule has 1 fully saturated rings. The Labute approximate surface area is 125 Å². The molecule has 106 valence electrons. The first-order valence-corrected chi connectivity index (χ1v) is 8.37. The molecule has 0 spiro atoms. The van der Waals surface area contributed by atoms with Gasteiger partial charge in [0.1, 0.15) is 0 Å². The van der Waals surface area contributed by atoms with Crippen LogP contribution in [0.5, 0.6) is 0 Å². The zero-order valence-corrected chi connectivity index (χ0v) is 13.5. The lowest BCUT2D eigenvalue weighted by molar-refractivity contribution is 0.587. The number of benzene rings is 1. The van der Waals surface area contributed by atoms with Crippen LogP contribution in [0.1, 0.15) is 26.3 Å². The van der Waals surface area contributed by atoms with Gasteiger partial charge in [-0.2, -0.15) is 11.8 Å². The number of hydrogen-bond donors (Lipinski definition) is 1.